The highest BCUT2D eigenvalue weighted by Crippen LogP contribution is 2.33. The number of para-hydroxylation sites is 2. The fraction of sp³-hybridized carbons (Fsp3) is 0.316. The zero-order valence-electron chi connectivity index (χ0n) is 28.3. The highest BCUT2D eigenvalue weighted by atomic mass is 32.2. The molecule has 0 unspecified atom stereocenters. The van der Waals surface area contributed by atoms with Crippen molar-refractivity contribution >= 4 is 27.5 Å². The topological polar surface area (TPSA) is 105 Å². The summed E-state index contributed by atoms with van der Waals surface area (Å²) in [6, 6.07) is 28.9. The predicted octanol–water partition coefficient (Wildman–Crippen LogP) is 6.15. The van der Waals surface area contributed by atoms with Gasteiger partial charge in [-0.1, -0.05) is 79.2 Å². The molecule has 2 atom stereocenters. The van der Waals surface area contributed by atoms with E-state index in [0.29, 0.717) is 24.5 Å². The summed E-state index contributed by atoms with van der Waals surface area (Å²) in [5.74, 6) is 0.0307. The van der Waals surface area contributed by atoms with Crippen LogP contribution in [0.5, 0.6) is 11.5 Å². The molecule has 0 spiro atoms. The first-order chi connectivity index (χ1) is 23.1. The van der Waals surface area contributed by atoms with Gasteiger partial charge in [-0.3, -0.25) is 13.9 Å². The monoisotopic (exact) mass is 671 g/mol. The number of hydrogen-bond donors (Lipinski definition) is 1. The van der Waals surface area contributed by atoms with Gasteiger partial charge in [0.2, 0.25) is 11.8 Å². The number of aryl methyl sites for hydroxylation is 1. The lowest BCUT2D eigenvalue weighted by Crippen LogP contribution is -2.54. The number of carbonyl (C=O) groups is 2. The summed E-state index contributed by atoms with van der Waals surface area (Å²) in [5, 5.41) is 3.06. The minimum Gasteiger partial charge on any atom is -0.497 e. The summed E-state index contributed by atoms with van der Waals surface area (Å²) in [4.78, 5) is 30.3. The van der Waals surface area contributed by atoms with Gasteiger partial charge >= 0.3 is 0 Å². The molecule has 1 N–H and O–H groups in total. The third-order valence-corrected chi connectivity index (χ3v) is 9.85. The Morgan fingerprint density at radius 1 is 0.854 bits per heavy atom. The molecule has 254 valence electrons. The van der Waals surface area contributed by atoms with Gasteiger partial charge in [-0.2, -0.15) is 0 Å². The second kappa shape index (κ2) is 16.8. The summed E-state index contributed by atoms with van der Waals surface area (Å²) in [5.41, 5.74) is 2.70. The first-order valence-electron chi connectivity index (χ1n) is 16.1. The van der Waals surface area contributed by atoms with Gasteiger partial charge in [0.25, 0.3) is 10.0 Å². The van der Waals surface area contributed by atoms with Gasteiger partial charge in [-0.15, -0.1) is 0 Å². The Morgan fingerprint density at radius 2 is 1.52 bits per heavy atom. The zero-order valence-corrected chi connectivity index (χ0v) is 29.1. The van der Waals surface area contributed by atoms with Crippen LogP contribution in [0.15, 0.2) is 108 Å². The first-order valence-corrected chi connectivity index (χ1v) is 17.6. The van der Waals surface area contributed by atoms with Crippen molar-refractivity contribution in [1.29, 1.82) is 0 Å². The van der Waals surface area contributed by atoms with Crippen LogP contribution < -0.4 is 19.1 Å². The van der Waals surface area contributed by atoms with E-state index in [1.807, 2.05) is 63.2 Å². The van der Waals surface area contributed by atoms with Crippen molar-refractivity contribution in [1.82, 2.24) is 10.2 Å². The normalized spacial score (nSPS) is 12.4. The molecular weight excluding hydrogens is 627 g/mol. The molecule has 0 radical (unpaired) electrons. The van der Waals surface area contributed by atoms with Gasteiger partial charge in [0.1, 0.15) is 24.1 Å². The van der Waals surface area contributed by atoms with Crippen LogP contribution in [0.2, 0.25) is 0 Å². The molecule has 0 bridgehead atoms. The minimum atomic E-state index is -4.27. The van der Waals surface area contributed by atoms with Crippen molar-refractivity contribution in [2.45, 2.75) is 64.1 Å². The SMILES string of the molecule is CCOc1ccccc1N(CC(=O)N(Cc1cccc(OC)c1)[C@@H](Cc1ccccc1)C(=O)N[C@H](C)CC)S(=O)(=O)c1ccc(C)cc1. The minimum absolute atomic E-state index is 0.0295. The van der Waals surface area contributed by atoms with Crippen molar-refractivity contribution in [3.63, 3.8) is 0 Å². The van der Waals surface area contributed by atoms with Crippen LogP contribution in [0.3, 0.4) is 0 Å². The highest BCUT2D eigenvalue weighted by Gasteiger charge is 2.36. The molecule has 0 aliphatic rings. The van der Waals surface area contributed by atoms with E-state index < -0.39 is 28.5 Å². The average Bonchev–Trinajstić information content (AvgIpc) is 3.09. The molecule has 9 nitrogen and oxygen atoms in total. The predicted molar refractivity (Wildman–Crippen MR) is 189 cm³/mol. The first kappa shape index (κ1) is 36.0. The Kier molecular flexibility index (Phi) is 12.6. The maximum atomic E-state index is 14.7. The summed E-state index contributed by atoms with van der Waals surface area (Å²) in [6.07, 6.45) is 0.920. The zero-order chi connectivity index (χ0) is 34.7. The number of anilines is 1. The molecule has 0 aliphatic heterocycles. The Balaban J connectivity index is 1.85. The molecule has 48 heavy (non-hydrogen) atoms. The number of nitrogens with one attached hydrogen (secondary N) is 1. The molecule has 0 saturated carbocycles. The Labute approximate surface area is 284 Å². The van der Waals surface area contributed by atoms with Crippen LogP contribution in [0.1, 0.15) is 43.9 Å². The molecule has 10 heteroatoms. The molecule has 2 amide bonds. The van der Waals surface area contributed by atoms with Crippen LogP contribution in [0, 0.1) is 6.92 Å². The van der Waals surface area contributed by atoms with E-state index in [2.05, 4.69) is 5.32 Å². The lowest BCUT2D eigenvalue weighted by atomic mass is 10.0. The van der Waals surface area contributed by atoms with Gasteiger partial charge in [-0.25, -0.2) is 8.42 Å². The third kappa shape index (κ3) is 9.16. The molecular formula is C38H45N3O6S. The number of methoxy groups -OCH3 is 1. The molecule has 0 aliphatic carbocycles. The van der Waals surface area contributed by atoms with Crippen molar-refractivity contribution in [3.05, 3.63) is 120 Å². The number of hydrogen-bond acceptors (Lipinski definition) is 6. The fourth-order valence-corrected chi connectivity index (χ4v) is 6.68. The number of amides is 2. The van der Waals surface area contributed by atoms with Crippen LogP contribution >= 0.6 is 0 Å². The molecule has 0 heterocycles. The number of carbonyl (C=O) groups excluding carboxylic acids is 2. The number of benzene rings is 4. The molecule has 4 aromatic rings. The maximum absolute atomic E-state index is 14.7. The van der Waals surface area contributed by atoms with Gasteiger partial charge < -0.3 is 19.7 Å². The van der Waals surface area contributed by atoms with Crippen LogP contribution in [0.4, 0.5) is 5.69 Å². The number of nitrogens with zero attached hydrogens (tertiary/aromatic N) is 2. The quantitative estimate of drug-likeness (QED) is 0.153. The van der Waals surface area contributed by atoms with Gasteiger partial charge in [0, 0.05) is 19.0 Å². The summed E-state index contributed by atoms with van der Waals surface area (Å²) in [7, 11) is -2.71. The number of rotatable bonds is 16. The number of ether oxygens (including phenoxy) is 2. The van der Waals surface area contributed by atoms with Crippen LogP contribution in [-0.2, 0) is 32.6 Å². The molecule has 0 fully saturated rings. The third-order valence-electron chi connectivity index (χ3n) is 8.08. The van der Waals surface area contributed by atoms with E-state index in [1.165, 1.54) is 17.0 Å². The Bertz CT molecular complexity index is 1760. The van der Waals surface area contributed by atoms with Gasteiger partial charge in [0.15, 0.2) is 0 Å². The van der Waals surface area contributed by atoms with Crippen molar-refractivity contribution < 1.29 is 27.5 Å². The van der Waals surface area contributed by atoms with E-state index in [4.69, 9.17) is 9.47 Å². The Morgan fingerprint density at radius 3 is 2.19 bits per heavy atom. The van der Waals surface area contributed by atoms with E-state index >= 15 is 0 Å². The summed E-state index contributed by atoms with van der Waals surface area (Å²) < 4.78 is 41.1. The van der Waals surface area contributed by atoms with E-state index in [1.54, 1.807) is 62.6 Å². The molecule has 0 aromatic heterocycles. The van der Waals surface area contributed by atoms with E-state index in [0.717, 1.165) is 21.0 Å². The maximum Gasteiger partial charge on any atom is 0.264 e. The summed E-state index contributed by atoms with van der Waals surface area (Å²) in [6.45, 7) is 7.31. The second-order valence-corrected chi connectivity index (χ2v) is 13.5. The average molecular weight is 672 g/mol. The molecule has 4 rings (SSSR count). The van der Waals surface area contributed by atoms with Crippen molar-refractivity contribution in [2.24, 2.45) is 0 Å². The van der Waals surface area contributed by atoms with Crippen molar-refractivity contribution in [2.75, 3.05) is 24.6 Å². The second-order valence-electron chi connectivity index (χ2n) is 11.6. The van der Waals surface area contributed by atoms with Crippen LogP contribution in [0.25, 0.3) is 0 Å². The summed E-state index contributed by atoms with van der Waals surface area (Å²) >= 11 is 0. The largest absolute Gasteiger partial charge is 0.497 e. The fourth-order valence-electron chi connectivity index (χ4n) is 5.25. The lowest BCUT2D eigenvalue weighted by Gasteiger charge is -2.34. The van der Waals surface area contributed by atoms with Gasteiger partial charge in [0.05, 0.1) is 24.3 Å². The molecule has 4 aromatic carbocycles. The van der Waals surface area contributed by atoms with E-state index in [9.17, 15) is 18.0 Å². The number of sulfonamides is 1. The van der Waals surface area contributed by atoms with Crippen molar-refractivity contribution in [3.8, 4) is 11.5 Å². The Hall–Kier alpha value is -4.83. The van der Waals surface area contributed by atoms with Crippen LogP contribution in [-0.4, -0.2) is 57.5 Å². The standard InChI is InChI=1S/C38H45N3O6S/c1-6-29(4)39-38(43)35(25-30-14-9-8-10-15-30)40(26-31-16-13-17-32(24-31)46-5)37(42)27-41(34-18-11-12-19-36(34)47-7-2)48(44,45)33-22-20-28(3)21-23-33/h8-24,29,35H,6-7,25-27H2,1-5H3,(H,39,43)/t29-,35+/m1/s1. The van der Waals surface area contributed by atoms with Gasteiger partial charge in [-0.05, 0) is 74.7 Å². The van der Waals surface area contributed by atoms with E-state index in [-0.39, 0.29) is 35.5 Å². The smallest absolute Gasteiger partial charge is 0.264 e. The lowest BCUT2D eigenvalue weighted by molar-refractivity contribution is -0.140. The highest BCUT2D eigenvalue weighted by molar-refractivity contribution is 7.92. The molecule has 0 saturated heterocycles.